The van der Waals surface area contributed by atoms with Crippen molar-refractivity contribution in [3.8, 4) is 0 Å². The van der Waals surface area contributed by atoms with Crippen LogP contribution in [0.1, 0.15) is 6.42 Å². The molecule has 5 nitrogen and oxygen atoms in total. The van der Waals surface area contributed by atoms with Crippen molar-refractivity contribution in [3.05, 3.63) is 0 Å². The Morgan fingerprint density at radius 3 is 2.92 bits per heavy atom. The quantitative estimate of drug-likeness (QED) is 0.582. The minimum absolute atomic E-state index is 0.238. The maximum atomic E-state index is 5.96. The molecule has 12 heavy (non-hydrogen) atoms. The third-order valence-corrected chi connectivity index (χ3v) is 2.37. The Morgan fingerprint density at radius 2 is 2.42 bits per heavy atom. The molecular formula is C6H10ClN5. The molecule has 1 aliphatic heterocycles. The highest BCUT2D eigenvalue weighted by Gasteiger charge is 2.23. The predicted octanol–water partition coefficient (Wildman–Crippen LogP) is 0.0276. The van der Waals surface area contributed by atoms with Gasteiger partial charge in [0.15, 0.2) is 0 Å². The van der Waals surface area contributed by atoms with Gasteiger partial charge >= 0.3 is 0 Å². The lowest BCUT2D eigenvalue weighted by atomic mass is 10.4. The van der Waals surface area contributed by atoms with Crippen LogP contribution in [0.25, 0.3) is 0 Å². The molecule has 0 aliphatic carbocycles. The van der Waals surface area contributed by atoms with E-state index in [2.05, 4.69) is 20.4 Å². The minimum Gasteiger partial charge on any atom is -0.338 e. The highest BCUT2D eigenvalue weighted by atomic mass is 35.5. The molecule has 0 amide bonds. The van der Waals surface area contributed by atoms with E-state index < -0.39 is 0 Å². The standard InChI is InChI=1S/C6H10ClN5/c1-11-6(8-9-10-11)12-3-2-5(7)4-12/h5H,2-4H2,1H3. The van der Waals surface area contributed by atoms with Gasteiger partial charge < -0.3 is 4.90 Å². The van der Waals surface area contributed by atoms with Gasteiger partial charge in [0.1, 0.15) is 0 Å². The maximum Gasteiger partial charge on any atom is 0.245 e. The number of hydrogen-bond donors (Lipinski definition) is 0. The first-order valence-electron chi connectivity index (χ1n) is 3.89. The third-order valence-electron chi connectivity index (χ3n) is 2.01. The Bertz CT molecular complexity index is 273. The number of tetrazole rings is 1. The van der Waals surface area contributed by atoms with Crippen molar-refractivity contribution in [2.45, 2.75) is 11.8 Å². The molecule has 2 heterocycles. The first-order chi connectivity index (χ1) is 5.77. The third kappa shape index (κ3) is 1.24. The van der Waals surface area contributed by atoms with Gasteiger partial charge in [0.05, 0.1) is 5.38 Å². The summed E-state index contributed by atoms with van der Waals surface area (Å²) in [5.41, 5.74) is 0. The fourth-order valence-corrected chi connectivity index (χ4v) is 1.66. The molecule has 0 aromatic carbocycles. The summed E-state index contributed by atoms with van der Waals surface area (Å²) in [6.45, 7) is 1.79. The SMILES string of the molecule is Cn1nnnc1N1CCC(Cl)C1. The molecule has 0 bridgehead atoms. The molecule has 1 atom stereocenters. The Hall–Kier alpha value is -0.840. The van der Waals surface area contributed by atoms with Crippen LogP contribution in [0.5, 0.6) is 0 Å². The first kappa shape index (κ1) is 7.79. The van der Waals surface area contributed by atoms with E-state index in [1.165, 1.54) is 0 Å². The highest BCUT2D eigenvalue weighted by molar-refractivity contribution is 6.21. The molecule has 6 heteroatoms. The molecule has 0 N–H and O–H groups in total. The lowest BCUT2D eigenvalue weighted by molar-refractivity contribution is 0.698. The van der Waals surface area contributed by atoms with Gasteiger partial charge in [0, 0.05) is 20.1 Å². The fraction of sp³-hybridized carbons (Fsp3) is 0.833. The summed E-state index contributed by atoms with van der Waals surface area (Å²) in [5, 5.41) is 11.5. The summed E-state index contributed by atoms with van der Waals surface area (Å²) in [4.78, 5) is 2.09. The Morgan fingerprint density at radius 1 is 1.58 bits per heavy atom. The van der Waals surface area contributed by atoms with Crippen LogP contribution in [-0.2, 0) is 7.05 Å². The monoisotopic (exact) mass is 187 g/mol. The van der Waals surface area contributed by atoms with Crippen LogP contribution >= 0.6 is 11.6 Å². The van der Waals surface area contributed by atoms with Crippen LogP contribution in [0.15, 0.2) is 0 Å². The predicted molar refractivity (Wildman–Crippen MR) is 45.3 cm³/mol. The van der Waals surface area contributed by atoms with E-state index in [1.807, 2.05) is 7.05 Å². The summed E-state index contributed by atoms with van der Waals surface area (Å²) < 4.78 is 1.66. The molecule has 1 saturated heterocycles. The second-order valence-corrected chi connectivity index (χ2v) is 3.55. The van der Waals surface area contributed by atoms with Crippen molar-refractivity contribution < 1.29 is 0 Å². The summed E-state index contributed by atoms with van der Waals surface area (Å²) in [6.07, 6.45) is 1.01. The number of hydrogen-bond acceptors (Lipinski definition) is 4. The molecule has 0 radical (unpaired) electrons. The lowest BCUT2D eigenvalue weighted by Gasteiger charge is -2.13. The molecular weight excluding hydrogens is 178 g/mol. The summed E-state index contributed by atoms with van der Waals surface area (Å²) in [7, 11) is 1.83. The van der Waals surface area contributed by atoms with Crippen molar-refractivity contribution in [2.75, 3.05) is 18.0 Å². The molecule has 1 aromatic rings. The smallest absolute Gasteiger partial charge is 0.245 e. The van der Waals surface area contributed by atoms with Crippen LogP contribution in [-0.4, -0.2) is 38.7 Å². The van der Waals surface area contributed by atoms with Gasteiger partial charge in [0.25, 0.3) is 0 Å². The van der Waals surface area contributed by atoms with Crippen molar-refractivity contribution in [3.63, 3.8) is 0 Å². The van der Waals surface area contributed by atoms with E-state index in [1.54, 1.807) is 4.68 Å². The molecule has 0 saturated carbocycles. The van der Waals surface area contributed by atoms with Crippen LogP contribution in [0.4, 0.5) is 5.95 Å². The Kier molecular flexibility index (Phi) is 1.88. The minimum atomic E-state index is 0.238. The number of aryl methyl sites for hydroxylation is 1. The average molecular weight is 188 g/mol. The zero-order chi connectivity index (χ0) is 8.55. The van der Waals surface area contributed by atoms with Crippen LogP contribution in [0.3, 0.4) is 0 Å². The van der Waals surface area contributed by atoms with E-state index in [0.717, 1.165) is 25.5 Å². The number of halogens is 1. The first-order valence-corrected chi connectivity index (χ1v) is 4.32. The largest absolute Gasteiger partial charge is 0.338 e. The second-order valence-electron chi connectivity index (χ2n) is 2.93. The molecule has 1 aromatic heterocycles. The Balaban J connectivity index is 2.16. The maximum absolute atomic E-state index is 5.96. The fourth-order valence-electron chi connectivity index (χ4n) is 1.39. The van der Waals surface area contributed by atoms with E-state index >= 15 is 0 Å². The van der Waals surface area contributed by atoms with E-state index in [4.69, 9.17) is 11.6 Å². The zero-order valence-electron chi connectivity index (χ0n) is 6.81. The van der Waals surface area contributed by atoms with E-state index in [-0.39, 0.29) is 5.38 Å². The van der Waals surface area contributed by atoms with Gasteiger partial charge in [-0.25, -0.2) is 4.68 Å². The number of rotatable bonds is 1. The van der Waals surface area contributed by atoms with Crippen LogP contribution in [0, 0.1) is 0 Å². The van der Waals surface area contributed by atoms with Gasteiger partial charge in [-0.1, -0.05) is 5.10 Å². The molecule has 2 rings (SSSR count). The molecule has 1 aliphatic rings. The van der Waals surface area contributed by atoms with Gasteiger partial charge in [-0.15, -0.1) is 11.6 Å². The van der Waals surface area contributed by atoms with Crippen LogP contribution < -0.4 is 4.90 Å². The average Bonchev–Trinajstić information content (AvgIpc) is 2.58. The molecule has 66 valence electrons. The Labute approximate surface area is 75.3 Å². The number of anilines is 1. The van der Waals surface area contributed by atoms with Crippen molar-refractivity contribution in [2.24, 2.45) is 7.05 Å². The normalized spacial score (nSPS) is 23.5. The number of nitrogens with zero attached hydrogens (tertiary/aromatic N) is 5. The zero-order valence-corrected chi connectivity index (χ0v) is 7.57. The summed E-state index contributed by atoms with van der Waals surface area (Å²) in [6, 6.07) is 0. The highest BCUT2D eigenvalue weighted by Crippen LogP contribution is 2.19. The van der Waals surface area contributed by atoms with Gasteiger partial charge in [-0.05, 0) is 16.8 Å². The second kappa shape index (κ2) is 2.90. The molecule has 1 unspecified atom stereocenters. The van der Waals surface area contributed by atoms with Gasteiger partial charge in [0.2, 0.25) is 5.95 Å². The topological polar surface area (TPSA) is 46.8 Å². The van der Waals surface area contributed by atoms with Crippen molar-refractivity contribution >= 4 is 17.5 Å². The van der Waals surface area contributed by atoms with Crippen LogP contribution in [0.2, 0.25) is 0 Å². The van der Waals surface area contributed by atoms with Gasteiger partial charge in [-0.3, -0.25) is 0 Å². The van der Waals surface area contributed by atoms with Gasteiger partial charge in [-0.2, -0.15) is 0 Å². The van der Waals surface area contributed by atoms with Crippen molar-refractivity contribution in [1.82, 2.24) is 20.2 Å². The molecule has 0 spiro atoms. The number of alkyl halides is 1. The summed E-state index contributed by atoms with van der Waals surface area (Å²) >= 11 is 5.96. The lowest BCUT2D eigenvalue weighted by Crippen LogP contribution is -2.23. The van der Waals surface area contributed by atoms with Crippen molar-refractivity contribution in [1.29, 1.82) is 0 Å². The summed E-state index contributed by atoms with van der Waals surface area (Å²) in [5.74, 6) is 0.804. The van der Waals surface area contributed by atoms with E-state index in [0.29, 0.717) is 0 Å². The molecule has 1 fully saturated rings. The number of aromatic nitrogens is 4. The van der Waals surface area contributed by atoms with E-state index in [9.17, 15) is 0 Å².